The first-order chi connectivity index (χ1) is 16.5. The van der Waals surface area contributed by atoms with E-state index in [9.17, 15) is 14.0 Å². The van der Waals surface area contributed by atoms with Gasteiger partial charge in [0.15, 0.2) is 5.75 Å². The average Bonchev–Trinajstić information content (AvgIpc) is 2.85. The van der Waals surface area contributed by atoms with Crippen molar-refractivity contribution in [1.82, 2.24) is 20.7 Å². The fraction of sp³-hybridized carbons (Fsp3) is 0.269. The van der Waals surface area contributed by atoms with Crippen LogP contribution in [-0.2, 0) is 17.8 Å². The van der Waals surface area contributed by atoms with Gasteiger partial charge in [-0.15, -0.1) is 0 Å². The molecule has 1 fully saturated rings. The summed E-state index contributed by atoms with van der Waals surface area (Å²) in [7, 11) is 0. The Morgan fingerprint density at radius 3 is 2.76 bits per heavy atom. The van der Waals surface area contributed by atoms with Crippen LogP contribution < -0.4 is 15.6 Å². The maximum atomic E-state index is 13.4. The van der Waals surface area contributed by atoms with Crippen LogP contribution in [0.25, 0.3) is 11.3 Å². The third-order valence-electron chi connectivity index (χ3n) is 6.23. The van der Waals surface area contributed by atoms with Crippen LogP contribution in [0.4, 0.5) is 4.39 Å². The number of benzene rings is 2. The van der Waals surface area contributed by atoms with Gasteiger partial charge in [0.25, 0.3) is 11.8 Å². The topological polar surface area (TPSA) is 83.6 Å². The van der Waals surface area contributed by atoms with Gasteiger partial charge < -0.3 is 10.2 Å². The van der Waals surface area contributed by atoms with E-state index in [0.29, 0.717) is 29.0 Å². The van der Waals surface area contributed by atoms with Crippen molar-refractivity contribution < 1.29 is 18.8 Å². The fourth-order valence-corrected chi connectivity index (χ4v) is 4.40. The molecular weight excluding hydrogens is 435 g/mol. The molecule has 2 aromatic carbocycles. The number of hydroxylamine groups is 1. The minimum atomic E-state index is -0.319. The second-order valence-corrected chi connectivity index (χ2v) is 8.71. The molecule has 0 aliphatic carbocycles. The molecule has 0 unspecified atom stereocenters. The minimum Gasteiger partial charge on any atom is -0.379 e. The fourth-order valence-electron chi connectivity index (χ4n) is 4.40. The highest BCUT2D eigenvalue weighted by atomic mass is 19.1. The zero-order valence-corrected chi connectivity index (χ0v) is 18.6. The lowest BCUT2D eigenvalue weighted by Crippen LogP contribution is -2.44. The summed E-state index contributed by atoms with van der Waals surface area (Å²) in [6.45, 7) is 2.53. The molecule has 3 heterocycles. The van der Waals surface area contributed by atoms with Crippen molar-refractivity contribution in [3.8, 4) is 17.0 Å². The number of aromatic nitrogens is 1. The zero-order valence-electron chi connectivity index (χ0n) is 18.6. The van der Waals surface area contributed by atoms with Crippen LogP contribution in [0, 0.1) is 5.82 Å². The lowest BCUT2D eigenvalue weighted by molar-refractivity contribution is -0.128. The number of amides is 2. The van der Waals surface area contributed by atoms with E-state index < -0.39 is 0 Å². The summed E-state index contributed by atoms with van der Waals surface area (Å²) in [5.41, 5.74) is 6.22. The minimum absolute atomic E-state index is 0.104. The Hall–Kier alpha value is -3.78. The van der Waals surface area contributed by atoms with E-state index in [-0.39, 0.29) is 23.7 Å². The summed E-state index contributed by atoms with van der Waals surface area (Å²) in [5, 5.41) is 3.11. The molecule has 0 radical (unpaired) electrons. The molecule has 3 aromatic rings. The van der Waals surface area contributed by atoms with Gasteiger partial charge in [-0.2, -0.15) is 5.48 Å². The van der Waals surface area contributed by atoms with Crippen LogP contribution in [0.3, 0.4) is 0 Å². The van der Waals surface area contributed by atoms with E-state index in [1.54, 1.807) is 24.3 Å². The summed E-state index contributed by atoms with van der Waals surface area (Å²) >= 11 is 0. The Morgan fingerprint density at radius 2 is 2.00 bits per heavy atom. The number of hydrogen-bond donors (Lipinski definition) is 2. The van der Waals surface area contributed by atoms with Crippen molar-refractivity contribution >= 4 is 11.8 Å². The molecule has 1 saturated heterocycles. The van der Waals surface area contributed by atoms with Gasteiger partial charge in [-0.1, -0.05) is 24.3 Å². The first-order valence-electron chi connectivity index (χ1n) is 11.4. The molecule has 5 rings (SSSR count). The van der Waals surface area contributed by atoms with E-state index >= 15 is 0 Å². The van der Waals surface area contributed by atoms with Crippen molar-refractivity contribution in [3.63, 3.8) is 0 Å². The molecule has 2 amide bonds. The van der Waals surface area contributed by atoms with Crippen molar-refractivity contribution in [2.45, 2.75) is 31.8 Å². The van der Waals surface area contributed by atoms with Crippen LogP contribution in [0.2, 0.25) is 0 Å². The first kappa shape index (κ1) is 22.0. The standard InChI is InChI=1S/C26H25FN4O3/c27-21-3-1-2-18(13-21)23-6-5-19(15-28-23)26(33)29-22-8-10-31(11-9-22)16-17-4-7-24-20(12-17)14-25(32)30-34-24/h1-7,12-13,15,22H,8-11,14,16H2,(H,29,33)(H,30,32). The predicted molar refractivity (Wildman–Crippen MR) is 124 cm³/mol. The van der Waals surface area contributed by atoms with Gasteiger partial charge in [0.05, 0.1) is 17.7 Å². The number of nitrogens with zero attached hydrogens (tertiary/aromatic N) is 2. The summed E-state index contributed by atoms with van der Waals surface area (Å²) in [4.78, 5) is 36.1. The molecular formula is C26H25FN4O3. The largest absolute Gasteiger partial charge is 0.379 e. The molecule has 174 valence electrons. The number of likely N-dealkylation sites (tertiary alicyclic amines) is 1. The number of rotatable bonds is 5. The van der Waals surface area contributed by atoms with Crippen LogP contribution in [0.1, 0.15) is 34.3 Å². The molecule has 0 saturated carbocycles. The van der Waals surface area contributed by atoms with Gasteiger partial charge in [0, 0.05) is 43.0 Å². The quantitative estimate of drug-likeness (QED) is 0.611. The van der Waals surface area contributed by atoms with Gasteiger partial charge in [0.1, 0.15) is 5.82 Å². The van der Waals surface area contributed by atoms with Crippen molar-refractivity contribution in [1.29, 1.82) is 0 Å². The Balaban J connectivity index is 1.12. The maximum absolute atomic E-state index is 13.4. The van der Waals surface area contributed by atoms with Gasteiger partial charge in [-0.05, 0) is 48.7 Å². The normalized spacial score (nSPS) is 16.3. The molecule has 2 aliphatic heterocycles. The lowest BCUT2D eigenvalue weighted by atomic mass is 10.0. The van der Waals surface area contributed by atoms with Gasteiger partial charge in [0.2, 0.25) is 0 Å². The Bertz CT molecular complexity index is 1210. The maximum Gasteiger partial charge on any atom is 0.257 e. The molecule has 1 aromatic heterocycles. The van der Waals surface area contributed by atoms with Gasteiger partial charge in [-0.3, -0.25) is 19.5 Å². The SMILES string of the molecule is O=C1Cc2cc(CN3CCC(NC(=O)c4ccc(-c5cccc(F)c5)nc4)CC3)ccc2ON1. The predicted octanol–water partition coefficient (Wildman–Crippen LogP) is 3.25. The molecule has 0 bridgehead atoms. The number of pyridine rings is 1. The molecule has 7 nitrogen and oxygen atoms in total. The van der Waals surface area contributed by atoms with Gasteiger partial charge in [-0.25, -0.2) is 4.39 Å². The summed E-state index contributed by atoms with van der Waals surface area (Å²) in [5.74, 6) is 0.0912. The highest BCUT2D eigenvalue weighted by molar-refractivity contribution is 5.94. The van der Waals surface area contributed by atoms with Crippen LogP contribution >= 0.6 is 0 Å². The van der Waals surface area contributed by atoms with E-state index in [4.69, 9.17) is 4.84 Å². The van der Waals surface area contributed by atoms with E-state index in [0.717, 1.165) is 43.6 Å². The van der Waals surface area contributed by atoms with Crippen LogP contribution in [0.15, 0.2) is 60.8 Å². The van der Waals surface area contributed by atoms with Crippen LogP contribution in [0.5, 0.6) is 5.75 Å². The van der Waals surface area contributed by atoms with Crippen molar-refractivity contribution in [2.75, 3.05) is 13.1 Å². The number of carbonyl (C=O) groups excluding carboxylic acids is 2. The zero-order chi connectivity index (χ0) is 23.5. The Kier molecular flexibility index (Phi) is 6.22. The van der Waals surface area contributed by atoms with Crippen molar-refractivity contribution in [2.24, 2.45) is 0 Å². The Morgan fingerprint density at radius 1 is 1.15 bits per heavy atom. The second-order valence-electron chi connectivity index (χ2n) is 8.71. The molecule has 2 N–H and O–H groups in total. The third-order valence-corrected chi connectivity index (χ3v) is 6.23. The first-order valence-corrected chi connectivity index (χ1v) is 11.4. The Labute approximate surface area is 196 Å². The molecule has 8 heteroatoms. The van der Waals surface area contributed by atoms with E-state index in [1.807, 2.05) is 18.2 Å². The number of hydrogen-bond acceptors (Lipinski definition) is 5. The smallest absolute Gasteiger partial charge is 0.257 e. The van der Waals surface area contributed by atoms with E-state index in [2.05, 4.69) is 20.7 Å². The van der Waals surface area contributed by atoms with Gasteiger partial charge >= 0.3 is 0 Å². The lowest BCUT2D eigenvalue weighted by Gasteiger charge is -2.32. The summed E-state index contributed by atoms with van der Waals surface area (Å²) in [6.07, 6.45) is 3.58. The number of fused-ring (bicyclic) bond motifs is 1. The molecule has 34 heavy (non-hydrogen) atoms. The highest BCUT2D eigenvalue weighted by Gasteiger charge is 2.22. The number of nitrogens with one attached hydrogen (secondary N) is 2. The number of piperidine rings is 1. The summed E-state index contributed by atoms with van der Waals surface area (Å²) < 4.78 is 13.4. The second kappa shape index (κ2) is 9.61. The number of halogens is 1. The highest BCUT2D eigenvalue weighted by Crippen LogP contribution is 2.24. The monoisotopic (exact) mass is 460 g/mol. The molecule has 2 aliphatic rings. The third kappa shape index (κ3) is 5.07. The molecule has 0 atom stereocenters. The summed E-state index contributed by atoms with van der Waals surface area (Å²) in [6, 6.07) is 15.7. The molecule has 0 spiro atoms. The van der Waals surface area contributed by atoms with Crippen LogP contribution in [-0.4, -0.2) is 40.8 Å². The average molecular weight is 461 g/mol. The number of carbonyl (C=O) groups is 2. The van der Waals surface area contributed by atoms with Crippen molar-refractivity contribution in [3.05, 3.63) is 83.3 Å². The van der Waals surface area contributed by atoms with E-state index in [1.165, 1.54) is 18.3 Å².